The van der Waals surface area contributed by atoms with E-state index in [0.29, 0.717) is 11.6 Å². The normalized spacial score (nSPS) is 22.8. The predicted octanol–water partition coefficient (Wildman–Crippen LogP) is 1.01. The quantitative estimate of drug-likeness (QED) is 0.798. The predicted molar refractivity (Wildman–Crippen MR) is 72.8 cm³/mol. The molecule has 1 aliphatic carbocycles. The van der Waals surface area contributed by atoms with Crippen LogP contribution in [0.5, 0.6) is 0 Å². The van der Waals surface area contributed by atoms with Gasteiger partial charge < -0.3 is 10.6 Å². The smallest absolute Gasteiger partial charge is 0.238 e. The molecule has 6 heteroatoms. The van der Waals surface area contributed by atoms with Gasteiger partial charge in [-0.25, -0.2) is 13.6 Å². The fourth-order valence-electron chi connectivity index (χ4n) is 2.16. The lowest BCUT2D eigenvalue weighted by molar-refractivity contribution is 0.598. The molecule has 4 N–H and O–H groups in total. The fourth-order valence-corrected chi connectivity index (χ4v) is 2.71. The molecule has 100 valence electrons. The van der Waals surface area contributed by atoms with Gasteiger partial charge >= 0.3 is 0 Å². The zero-order chi connectivity index (χ0) is 13.5. The molecule has 2 unspecified atom stereocenters. The number of benzene rings is 1. The van der Waals surface area contributed by atoms with Crippen molar-refractivity contribution in [2.75, 3.05) is 24.2 Å². The zero-order valence-corrected chi connectivity index (χ0v) is 11.4. The monoisotopic (exact) mass is 269 g/mol. The maximum atomic E-state index is 11.2. The minimum absolute atomic E-state index is 0.0527. The summed E-state index contributed by atoms with van der Waals surface area (Å²) in [5, 5.41) is 5.06. The number of nitrogens with two attached hydrogens (primary N) is 2. The first-order valence-corrected chi connectivity index (χ1v) is 7.47. The van der Waals surface area contributed by atoms with Gasteiger partial charge in [-0.15, -0.1) is 0 Å². The second kappa shape index (κ2) is 4.44. The molecule has 1 aromatic rings. The van der Waals surface area contributed by atoms with Crippen LogP contribution in [0.1, 0.15) is 13.3 Å². The number of primary sulfonamides is 1. The molecule has 0 aliphatic heterocycles. The lowest BCUT2D eigenvalue weighted by Gasteiger charge is -2.21. The highest BCUT2D eigenvalue weighted by atomic mass is 32.2. The standard InChI is InChI=1S/C12H19N3O2S/c1-8-5-9(8)7-15(2)12-4-3-10(6-11(12)13)18(14,16)17/h3-4,6,8-9H,5,7,13H2,1-2H3,(H2,14,16,17). The molecule has 18 heavy (non-hydrogen) atoms. The van der Waals surface area contributed by atoms with E-state index >= 15 is 0 Å². The fraction of sp³-hybridized carbons (Fsp3) is 0.500. The van der Waals surface area contributed by atoms with Gasteiger partial charge in [0.05, 0.1) is 16.3 Å². The molecule has 0 aromatic heterocycles. The third kappa shape index (κ3) is 2.76. The van der Waals surface area contributed by atoms with Crippen molar-refractivity contribution in [3.63, 3.8) is 0 Å². The average Bonchev–Trinajstić information content (AvgIpc) is 2.92. The second-order valence-corrected chi connectivity index (χ2v) is 6.68. The molecular weight excluding hydrogens is 250 g/mol. The molecule has 1 aromatic carbocycles. The molecule has 0 radical (unpaired) electrons. The maximum Gasteiger partial charge on any atom is 0.238 e. The zero-order valence-electron chi connectivity index (χ0n) is 10.6. The molecule has 0 saturated heterocycles. The third-order valence-electron chi connectivity index (χ3n) is 3.52. The van der Waals surface area contributed by atoms with Crippen molar-refractivity contribution in [2.24, 2.45) is 17.0 Å². The minimum atomic E-state index is -3.69. The van der Waals surface area contributed by atoms with Crippen molar-refractivity contribution in [2.45, 2.75) is 18.2 Å². The Morgan fingerprint density at radius 2 is 2.06 bits per heavy atom. The Morgan fingerprint density at radius 3 is 2.50 bits per heavy atom. The van der Waals surface area contributed by atoms with Crippen molar-refractivity contribution in [1.82, 2.24) is 0 Å². The van der Waals surface area contributed by atoms with Crippen LogP contribution in [0, 0.1) is 11.8 Å². The van der Waals surface area contributed by atoms with Crippen molar-refractivity contribution in [1.29, 1.82) is 0 Å². The number of anilines is 2. The average molecular weight is 269 g/mol. The molecule has 0 spiro atoms. The van der Waals surface area contributed by atoms with Crippen LogP contribution in [-0.4, -0.2) is 22.0 Å². The summed E-state index contributed by atoms with van der Waals surface area (Å²) in [6.45, 7) is 3.17. The molecule has 0 heterocycles. The van der Waals surface area contributed by atoms with E-state index in [0.717, 1.165) is 18.2 Å². The Morgan fingerprint density at radius 1 is 1.44 bits per heavy atom. The van der Waals surface area contributed by atoms with Crippen LogP contribution in [0.2, 0.25) is 0 Å². The van der Waals surface area contributed by atoms with Gasteiger partial charge in [-0.2, -0.15) is 0 Å². The summed E-state index contributed by atoms with van der Waals surface area (Å²) in [6, 6.07) is 4.62. The first kappa shape index (κ1) is 13.2. The SMILES string of the molecule is CC1CC1CN(C)c1ccc(S(N)(=O)=O)cc1N. The van der Waals surface area contributed by atoms with Crippen molar-refractivity contribution in [3.05, 3.63) is 18.2 Å². The van der Waals surface area contributed by atoms with Gasteiger partial charge in [-0.3, -0.25) is 0 Å². The topological polar surface area (TPSA) is 89.4 Å². The van der Waals surface area contributed by atoms with Crippen LogP contribution in [0.3, 0.4) is 0 Å². The lowest BCUT2D eigenvalue weighted by atomic mass is 10.2. The second-order valence-electron chi connectivity index (χ2n) is 5.12. The molecule has 5 nitrogen and oxygen atoms in total. The highest BCUT2D eigenvalue weighted by Crippen LogP contribution is 2.39. The summed E-state index contributed by atoms with van der Waals surface area (Å²) in [5.74, 6) is 1.49. The first-order chi connectivity index (χ1) is 8.29. The van der Waals surface area contributed by atoms with Crippen LogP contribution >= 0.6 is 0 Å². The van der Waals surface area contributed by atoms with E-state index < -0.39 is 10.0 Å². The molecular formula is C12H19N3O2S. The van der Waals surface area contributed by atoms with Crippen LogP contribution in [0.25, 0.3) is 0 Å². The molecule has 1 aliphatic rings. The van der Waals surface area contributed by atoms with Crippen LogP contribution in [0.15, 0.2) is 23.1 Å². The molecule has 1 saturated carbocycles. The lowest BCUT2D eigenvalue weighted by Crippen LogP contribution is -2.22. The Balaban J connectivity index is 2.19. The van der Waals surface area contributed by atoms with Gasteiger partial charge in [-0.05, 0) is 36.5 Å². The summed E-state index contributed by atoms with van der Waals surface area (Å²) in [5.41, 5.74) is 7.18. The first-order valence-electron chi connectivity index (χ1n) is 5.92. The van der Waals surface area contributed by atoms with Crippen LogP contribution in [-0.2, 0) is 10.0 Å². The van der Waals surface area contributed by atoms with E-state index in [-0.39, 0.29) is 4.90 Å². The Bertz CT molecular complexity index is 556. The molecule has 0 bridgehead atoms. The Labute approximate surface area is 108 Å². The van der Waals surface area contributed by atoms with Crippen molar-refractivity contribution in [3.8, 4) is 0 Å². The minimum Gasteiger partial charge on any atom is -0.397 e. The summed E-state index contributed by atoms with van der Waals surface area (Å²) in [4.78, 5) is 2.12. The van der Waals surface area contributed by atoms with Crippen LogP contribution in [0.4, 0.5) is 11.4 Å². The van der Waals surface area contributed by atoms with E-state index in [1.165, 1.54) is 18.6 Å². The highest BCUT2D eigenvalue weighted by Gasteiger charge is 2.33. The van der Waals surface area contributed by atoms with Gasteiger partial charge in [-0.1, -0.05) is 6.92 Å². The maximum absolute atomic E-state index is 11.2. The number of hydrogen-bond donors (Lipinski definition) is 2. The van der Waals surface area contributed by atoms with E-state index in [9.17, 15) is 8.42 Å². The van der Waals surface area contributed by atoms with E-state index in [2.05, 4.69) is 11.8 Å². The van der Waals surface area contributed by atoms with E-state index in [1.54, 1.807) is 6.07 Å². The Hall–Kier alpha value is -1.27. The van der Waals surface area contributed by atoms with Gasteiger partial charge in [0.25, 0.3) is 0 Å². The number of nitrogens with zero attached hydrogens (tertiary/aromatic N) is 1. The van der Waals surface area contributed by atoms with Crippen molar-refractivity contribution >= 4 is 21.4 Å². The van der Waals surface area contributed by atoms with Crippen LogP contribution < -0.4 is 15.8 Å². The summed E-state index contributed by atoms with van der Waals surface area (Å²) >= 11 is 0. The summed E-state index contributed by atoms with van der Waals surface area (Å²) < 4.78 is 22.4. The largest absolute Gasteiger partial charge is 0.397 e. The summed E-state index contributed by atoms with van der Waals surface area (Å²) in [7, 11) is -1.72. The number of rotatable bonds is 4. The van der Waals surface area contributed by atoms with Gasteiger partial charge in [0.2, 0.25) is 10.0 Å². The highest BCUT2D eigenvalue weighted by molar-refractivity contribution is 7.89. The number of nitrogen functional groups attached to an aromatic ring is 1. The number of hydrogen-bond acceptors (Lipinski definition) is 4. The third-order valence-corrected chi connectivity index (χ3v) is 4.43. The molecule has 0 amide bonds. The van der Waals surface area contributed by atoms with E-state index in [1.807, 2.05) is 7.05 Å². The van der Waals surface area contributed by atoms with E-state index in [4.69, 9.17) is 10.9 Å². The summed E-state index contributed by atoms with van der Waals surface area (Å²) in [6.07, 6.45) is 1.25. The van der Waals surface area contributed by atoms with Gasteiger partial charge in [0, 0.05) is 13.6 Å². The van der Waals surface area contributed by atoms with Crippen molar-refractivity contribution < 1.29 is 8.42 Å². The van der Waals surface area contributed by atoms with Gasteiger partial charge in [0.15, 0.2) is 0 Å². The Kier molecular flexibility index (Phi) is 3.25. The van der Waals surface area contributed by atoms with Gasteiger partial charge in [0.1, 0.15) is 0 Å². The molecule has 2 rings (SSSR count). The molecule has 2 atom stereocenters. The molecule has 1 fully saturated rings. The number of sulfonamides is 1.